The monoisotopic (exact) mass is 272 g/mol. The molecule has 1 unspecified atom stereocenters. The Hall–Kier alpha value is -2.41. The Balaban J connectivity index is 1.94. The molecule has 3 heterocycles. The predicted octanol–water partition coefficient (Wildman–Crippen LogP) is 1.73. The second kappa shape index (κ2) is 4.93. The summed E-state index contributed by atoms with van der Waals surface area (Å²) in [5, 5.41) is 8.42. The Morgan fingerprint density at radius 1 is 1.30 bits per heavy atom. The highest BCUT2D eigenvalue weighted by molar-refractivity contribution is 5.63. The Morgan fingerprint density at radius 2 is 2.15 bits per heavy atom. The largest absolute Gasteiger partial charge is 0.366 e. The van der Waals surface area contributed by atoms with E-state index in [-0.39, 0.29) is 12.2 Å². The highest BCUT2D eigenvalue weighted by Crippen LogP contribution is 2.20. The normalized spacial score (nSPS) is 12.9. The highest BCUT2D eigenvalue weighted by Gasteiger charge is 2.09. The van der Waals surface area contributed by atoms with E-state index in [9.17, 15) is 0 Å². The van der Waals surface area contributed by atoms with Crippen molar-refractivity contribution in [1.29, 1.82) is 0 Å². The maximum Gasteiger partial charge on any atom is 0.240 e. The number of ether oxygens (including phenoxy) is 1. The van der Waals surface area contributed by atoms with Crippen molar-refractivity contribution < 1.29 is 4.74 Å². The fraction of sp³-hybridized carbons (Fsp3) is 0.308. The average Bonchev–Trinajstić information content (AvgIpc) is 3.02. The van der Waals surface area contributed by atoms with Crippen LogP contribution in [0.4, 0.5) is 5.95 Å². The van der Waals surface area contributed by atoms with Crippen LogP contribution in [0, 0.1) is 0 Å². The van der Waals surface area contributed by atoms with Gasteiger partial charge in [0.05, 0.1) is 6.20 Å². The van der Waals surface area contributed by atoms with Crippen LogP contribution >= 0.6 is 0 Å². The molecular weight excluding hydrogens is 256 g/mol. The van der Waals surface area contributed by atoms with Crippen LogP contribution in [0.2, 0.25) is 0 Å². The highest BCUT2D eigenvalue weighted by atomic mass is 16.5. The summed E-state index contributed by atoms with van der Waals surface area (Å²) < 4.78 is 8.96. The molecule has 0 aliphatic carbocycles. The third kappa shape index (κ3) is 2.23. The van der Waals surface area contributed by atoms with E-state index in [0.717, 1.165) is 16.8 Å². The fourth-order valence-corrected chi connectivity index (χ4v) is 2.07. The Bertz CT molecular complexity index is 731. The summed E-state index contributed by atoms with van der Waals surface area (Å²) in [5.74, 6) is 0.266. The molecule has 3 aromatic rings. The standard InChI is InChI=1S/C13H16N6O/c1-3-20-9(2)18-8-11(6-15-18)10-4-5-12-16-13(14)17-19(12)7-10/h4-9H,3H2,1-2H3,(H2,14,17). The lowest BCUT2D eigenvalue weighted by molar-refractivity contribution is 0.0160. The van der Waals surface area contributed by atoms with E-state index in [2.05, 4.69) is 15.2 Å². The van der Waals surface area contributed by atoms with Gasteiger partial charge in [-0.2, -0.15) is 10.1 Å². The zero-order chi connectivity index (χ0) is 14.1. The zero-order valence-electron chi connectivity index (χ0n) is 11.4. The summed E-state index contributed by atoms with van der Waals surface area (Å²) in [4.78, 5) is 4.09. The first-order valence-corrected chi connectivity index (χ1v) is 6.45. The van der Waals surface area contributed by atoms with Crippen LogP contribution in [-0.2, 0) is 4.74 Å². The molecule has 0 aliphatic heterocycles. The molecule has 0 saturated carbocycles. The van der Waals surface area contributed by atoms with Crippen LogP contribution in [0.25, 0.3) is 16.8 Å². The number of fused-ring (bicyclic) bond motifs is 1. The third-order valence-corrected chi connectivity index (χ3v) is 3.06. The molecule has 0 amide bonds. The van der Waals surface area contributed by atoms with Gasteiger partial charge in [0, 0.05) is 30.1 Å². The molecule has 20 heavy (non-hydrogen) atoms. The minimum absolute atomic E-state index is 0.0838. The van der Waals surface area contributed by atoms with Gasteiger partial charge >= 0.3 is 0 Å². The van der Waals surface area contributed by atoms with Crippen LogP contribution in [0.5, 0.6) is 0 Å². The molecule has 7 nitrogen and oxygen atoms in total. The van der Waals surface area contributed by atoms with E-state index >= 15 is 0 Å². The van der Waals surface area contributed by atoms with E-state index < -0.39 is 0 Å². The van der Waals surface area contributed by atoms with E-state index in [0.29, 0.717) is 6.61 Å². The smallest absolute Gasteiger partial charge is 0.240 e. The lowest BCUT2D eigenvalue weighted by Crippen LogP contribution is -2.09. The molecule has 3 rings (SSSR count). The number of pyridine rings is 1. The molecule has 7 heteroatoms. The predicted molar refractivity (Wildman–Crippen MR) is 75.0 cm³/mol. The minimum atomic E-state index is -0.0838. The minimum Gasteiger partial charge on any atom is -0.366 e. The van der Waals surface area contributed by atoms with Crippen molar-refractivity contribution in [3.63, 3.8) is 0 Å². The van der Waals surface area contributed by atoms with Crippen LogP contribution in [0.3, 0.4) is 0 Å². The summed E-state index contributed by atoms with van der Waals surface area (Å²) in [6.07, 6.45) is 5.55. The number of hydrogen-bond donors (Lipinski definition) is 1. The number of nitrogens with two attached hydrogens (primary N) is 1. The maximum absolute atomic E-state index is 5.58. The van der Waals surface area contributed by atoms with Crippen molar-refractivity contribution in [3.05, 3.63) is 30.7 Å². The summed E-state index contributed by atoms with van der Waals surface area (Å²) in [7, 11) is 0. The maximum atomic E-state index is 5.58. The van der Waals surface area contributed by atoms with Gasteiger partial charge in [0.15, 0.2) is 5.65 Å². The molecule has 104 valence electrons. The number of nitrogens with zero attached hydrogens (tertiary/aromatic N) is 5. The second-order valence-corrected chi connectivity index (χ2v) is 4.45. The zero-order valence-corrected chi connectivity index (χ0v) is 11.4. The van der Waals surface area contributed by atoms with Crippen molar-refractivity contribution in [2.45, 2.75) is 20.1 Å². The fourth-order valence-electron chi connectivity index (χ4n) is 2.07. The van der Waals surface area contributed by atoms with Gasteiger partial charge in [0.2, 0.25) is 5.95 Å². The lowest BCUT2D eigenvalue weighted by atomic mass is 10.2. The van der Waals surface area contributed by atoms with E-state index in [4.69, 9.17) is 10.5 Å². The molecule has 0 saturated heterocycles. The van der Waals surface area contributed by atoms with Gasteiger partial charge in [0.25, 0.3) is 0 Å². The van der Waals surface area contributed by atoms with Gasteiger partial charge in [-0.1, -0.05) is 0 Å². The van der Waals surface area contributed by atoms with E-state index in [1.807, 2.05) is 38.4 Å². The first kappa shape index (κ1) is 12.6. The average molecular weight is 272 g/mol. The van der Waals surface area contributed by atoms with Gasteiger partial charge in [-0.25, -0.2) is 9.20 Å². The number of hydrogen-bond acceptors (Lipinski definition) is 5. The molecule has 0 bridgehead atoms. The van der Waals surface area contributed by atoms with Crippen molar-refractivity contribution >= 4 is 11.6 Å². The molecule has 0 spiro atoms. The second-order valence-electron chi connectivity index (χ2n) is 4.45. The summed E-state index contributed by atoms with van der Waals surface area (Å²) >= 11 is 0. The van der Waals surface area contributed by atoms with Crippen LogP contribution < -0.4 is 5.73 Å². The summed E-state index contributed by atoms with van der Waals surface area (Å²) in [5.41, 5.74) is 8.29. The first-order valence-electron chi connectivity index (χ1n) is 6.45. The quantitative estimate of drug-likeness (QED) is 0.782. The number of aromatic nitrogens is 5. The van der Waals surface area contributed by atoms with E-state index in [1.165, 1.54) is 0 Å². The molecular formula is C13H16N6O. The summed E-state index contributed by atoms with van der Waals surface area (Å²) in [6.45, 7) is 4.58. The van der Waals surface area contributed by atoms with Gasteiger partial charge in [-0.3, -0.25) is 0 Å². The van der Waals surface area contributed by atoms with Crippen molar-refractivity contribution in [2.75, 3.05) is 12.3 Å². The van der Waals surface area contributed by atoms with Gasteiger partial charge < -0.3 is 10.5 Å². The van der Waals surface area contributed by atoms with E-state index in [1.54, 1.807) is 15.4 Å². The third-order valence-electron chi connectivity index (χ3n) is 3.06. The first-order chi connectivity index (χ1) is 9.67. The Kier molecular flexibility index (Phi) is 3.11. The Morgan fingerprint density at radius 3 is 2.95 bits per heavy atom. The van der Waals surface area contributed by atoms with Crippen LogP contribution in [-0.4, -0.2) is 31.0 Å². The van der Waals surface area contributed by atoms with Crippen molar-refractivity contribution in [1.82, 2.24) is 24.4 Å². The topological polar surface area (TPSA) is 83.3 Å². The van der Waals surface area contributed by atoms with Crippen LogP contribution in [0.15, 0.2) is 30.7 Å². The number of nitrogen functional groups attached to an aromatic ring is 1. The molecule has 0 radical (unpaired) electrons. The Labute approximate surface area is 116 Å². The summed E-state index contributed by atoms with van der Waals surface area (Å²) in [6, 6.07) is 3.85. The molecule has 0 fully saturated rings. The van der Waals surface area contributed by atoms with Crippen molar-refractivity contribution in [2.24, 2.45) is 0 Å². The SMILES string of the molecule is CCOC(C)n1cc(-c2ccc3nc(N)nn3c2)cn1. The number of rotatable bonds is 4. The van der Waals surface area contributed by atoms with Crippen LogP contribution in [0.1, 0.15) is 20.1 Å². The lowest BCUT2D eigenvalue weighted by Gasteiger charge is -2.11. The molecule has 0 aliphatic rings. The molecule has 2 N–H and O–H groups in total. The number of anilines is 1. The van der Waals surface area contributed by atoms with Gasteiger partial charge in [-0.05, 0) is 26.0 Å². The molecule has 3 aromatic heterocycles. The molecule has 0 aromatic carbocycles. The van der Waals surface area contributed by atoms with Gasteiger partial charge in [-0.15, -0.1) is 5.10 Å². The van der Waals surface area contributed by atoms with Gasteiger partial charge in [0.1, 0.15) is 6.23 Å². The molecule has 1 atom stereocenters. The van der Waals surface area contributed by atoms with Crippen molar-refractivity contribution in [3.8, 4) is 11.1 Å².